The Bertz CT molecular complexity index is 1180. The van der Waals surface area contributed by atoms with E-state index in [9.17, 15) is 19.2 Å². The zero-order valence-corrected chi connectivity index (χ0v) is 21.1. The van der Waals surface area contributed by atoms with Crippen LogP contribution in [0.25, 0.3) is 10.4 Å². The number of aryl methyl sites for hydroxylation is 1. The fourth-order valence-corrected chi connectivity index (χ4v) is 7.28. The lowest BCUT2D eigenvalue weighted by atomic mass is 9.49. The van der Waals surface area contributed by atoms with Gasteiger partial charge in [-0.1, -0.05) is 5.11 Å². The van der Waals surface area contributed by atoms with Crippen LogP contribution in [0.1, 0.15) is 69.6 Å². The van der Waals surface area contributed by atoms with Crippen molar-refractivity contribution in [2.24, 2.45) is 28.3 Å². The summed E-state index contributed by atoms with van der Waals surface area (Å²) in [6.07, 6.45) is 7.59. The normalized spacial score (nSPS) is 33.6. The van der Waals surface area contributed by atoms with Crippen molar-refractivity contribution in [1.29, 1.82) is 0 Å². The quantitative estimate of drug-likeness (QED) is 0.169. The van der Waals surface area contributed by atoms with Crippen molar-refractivity contribution in [1.82, 2.24) is 14.9 Å². The van der Waals surface area contributed by atoms with Crippen molar-refractivity contribution < 1.29 is 19.1 Å². The van der Waals surface area contributed by atoms with Gasteiger partial charge >= 0.3 is 11.7 Å². The van der Waals surface area contributed by atoms with Crippen LogP contribution in [0.15, 0.2) is 20.9 Å². The highest BCUT2D eigenvalue weighted by molar-refractivity contribution is 5.83. The van der Waals surface area contributed by atoms with Gasteiger partial charge in [-0.05, 0) is 75.2 Å². The molecule has 12 nitrogen and oxygen atoms in total. The number of esters is 1. The van der Waals surface area contributed by atoms with Crippen LogP contribution in [0, 0.1) is 30.1 Å². The molecule has 1 saturated heterocycles. The molecule has 0 aromatic carbocycles. The Morgan fingerprint density at radius 1 is 1.22 bits per heavy atom. The maximum atomic E-state index is 13.0. The van der Waals surface area contributed by atoms with Gasteiger partial charge in [0.2, 0.25) is 5.91 Å². The monoisotopic (exact) mass is 514 g/mol. The summed E-state index contributed by atoms with van der Waals surface area (Å²) in [5.74, 6) is 1.81. The van der Waals surface area contributed by atoms with Gasteiger partial charge in [0.1, 0.15) is 18.9 Å². The second-order valence-electron chi connectivity index (χ2n) is 11.4. The smallest absolute Gasteiger partial charge is 0.330 e. The van der Waals surface area contributed by atoms with Crippen LogP contribution in [0.4, 0.5) is 0 Å². The Kier molecular flexibility index (Phi) is 7.13. The molecule has 2 N–H and O–H groups in total. The lowest BCUT2D eigenvalue weighted by Crippen LogP contribution is -2.53. The van der Waals surface area contributed by atoms with Gasteiger partial charge in [-0.15, -0.1) is 0 Å². The predicted molar refractivity (Wildman–Crippen MR) is 131 cm³/mol. The molecule has 0 radical (unpaired) electrons. The molecule has 37 heavy (non-hydrogen) atoms. The lowest BCUT2D eigenvalue weighted by molar-refractivity contribution is -0.149. The Balaban J connectivity index is 1.07. The largest absolute Gasteiger partial charge is 0.463 e. The van der Waals surface area contributed by atoms with Crippen LogP contribution in [-0.4, -0.2) is 46.7 Å². The van der Waals surface area contributed by atoms with E-state index >= 15 is 0 Å². The second-order valence-corrected chi connectivity index (χ2v) is 11.4. The van der Waals surface area contributed by atoms with Crippen LogP contribution in [0.3, 0.4) is 0 Å². The van der Waals surface area contributed by atoms with Gasteiger partial charge in [0, 0.05) is 41.5 Å². The van der Waals surface area contributed by atoms with Crippen molar-refractivity contribution in [2.75, 3.05) is 13.2 Å². The number of carbonyl (C=O) groups is 2. The first-order valence-corrected chi connectivity index (χ1v) is 13.2. The molecule has 0 unspecified atom stereocenters. The molecule has 6 rings (SSSR count). The third-order valence-corrected chi connectivity index (χ3v) is 8.63. The third-order valence-electron chi connectivity index (χ3n) is 8.63. The van der Waals surface area contributed by atoms with Gasteiger partial charge in [-0.25, -0.2) is 4.79 Å². The fourth-order valence-electron chi connectivity index (χ4n) is 7.28. The van der Waals surface area contributed by atoms with Gasteiger partial charge in [0.05, 0.1) is 6.04 Å². The number of rotatable bonds is 9. The van der Waals surface area contributed by atoms with Crippen molar-refractivity contribution in [3.05, 3.63) is 43.0 Å². The Hall–Kier alpha value is -3.11. The minimum absolute atomic E-state index is 0.129. The molecule has 1 aromatic heterocycles. The van der Waals surface area contributed by atoms with Crippen LogP contribution in [0.5, 0.6) is 0 Å². The molecule has 0 spiro atoms. The number of azide groups is 1. The van der Waals surface area contributed by atoms with Gasteiger partial charge in [-0.2, -0.15) is 0 Å². The van der Waals surface area contributed by atoms with Crippen molar-refractivity contribution in [3.63, 3.8) is 0 Å². The van der Waals surface area contributed by atoms with E-state index in [1.54, 1.807) is 6.92 Å². The average Bonchev–Trinajstić information content (AvgIpc) is 3.24. The SMILES string of the molecule is Cc1cn([C@H]2C[C@H](N=[N+]=[N-])[C@@H](COC(=O)CCCNC(=O)C34CC5CC(CC(C5)C3)C4)O2)c(=O)[nH]c1=O. The zero-order chi connectivity index (χ0) is 26.2. The van der Waals surface area contributed by atoms with E-state index in [4.69, 9.17) is 15.0 Å². The Labute approximate surface area is 213 Å². The minimum atomic E-state index is -0.762. The fraction of sp³-hybridized carbons (Fsp3) is 0.760. The van der Waals surface area contributed by atoms with E-state index in [0.717, 1.165) is 19.3 Å². The zero-order valence-electron chi connectivity index (χ0n) is 21.1. The molecule has 1 aromatic rings. The number of hydrogen-bond acceptors (Lipinski definition) is 7. The summed E-state index contributed by atoms with van der Waals surface area (Å²) in [6, 6.07) is -0.637. The highest BCUT2D eigenvalue weighted by Gasteiger charge is 2.54. The molecular formula is C25H34N6O6. The molecule has 5 aliphatic rings. The summed E-state index contributed by atoms with van der Waals surface area (Å²) in [4.78, 5) is 54.3. The molecule has 4 bridgehead atoms. The standard InChI is InChI=1S/C25H34N6O6/c1-14-12-31(24(35)28-22(14)33)20-8-18(29-30-26)19(37-20)13-36-21(32)3-2-4-27-23(34)25-9-15-5-16(10-25)7-17(6-15)11-25/h12,15-20H,2-11,13H2,1H3,(H,27,34)(H,28,33,35)/t15?,16?,17?,18-,19+,20+,25?/m0/s1. The number of nitrogens with one attached hydrogen (secondary N) is 2. The van der Waals surface area contributed by atoms with Gasteiger partial charge in [0.25, 0.3) is 5.56 Å². The van der Waals surface area contributed by atoms with E-state index < -0.39 is 35.6 Å². The molecule has 200 valence electrons. The van der Waals surface area contributed by atoms with Crippen LogP contribution >= 0.6 is 0 Å². The van der Waals surface area contributed by atoms with Crippen LogP contribution in [-0.2, 0) is 19.1 Å². The summed E-state index contributed by atoms with van der Waals surface area (Å²) in [5, 5.41) is 6.80. The first kappa shape index (κ1) is 25.5. The molecule has 5 fully saturated rings. The summed E-state index contributed by atoms with van der Waals surface area (Å²) in [6.45, 7) is 1.86. The molecule has 1 amide bonds. The van der Waals surface area contributed by atoms with Gasteiger partial charge in [0.15, 0.2) is 0 Å². The maximum Gasteiger partial charge on any atom is 0.330 e. The van der Waals surface area contributed by atoms with Crippen LogP contribution in [0.2, 0.25) is 0 Å². The number of ether oxygens (including phenoxy) is 2. The summed E-state index contributed by atoms with van der Waals surface area (Å²) in [5.41, 5.74) is 7.94. The number of nitrogens with zero attached hydrogens (tertiary/aromatic N) is 4. The number of H-pyrrole nitrogens is 1. The minimum Gasteiger partial charge on any atom is -0.463 e. The van der Waals surface area contributed by atoms with E-state index in [0.29, 0.717) is 36.3 Å². The van der Waals surface area contributed by atoms with Crippen molar-refractivity contribution in [3.8, 4) is 0 Å². The number of carbonyl (C=O) groups excluding carboxylic acids is 2. The number of aromatic amines is 1. The lowest BCUT2D eigenvalue weighted by Gasteiger charge is -2.55. The summed E-state index contributed by atoms with van der Waals surface area (Å²) in [7, 11) is 0. The molecule has 12 heteroatoms. The molecule has 4 saturated carbocycles. The highest BCUT2D eigenvalue weighted by atomic mass is 16.6. The summed E-state index contributed by atoms with van der Waals surface area (Å²) < 4.78 is 12.5. The molecule has 1 aliphatic heterocycles. The number of hydrogen-bond donors (Lipinski definition) is 2. The van der Waals surface area contributed by atoms with E-state index in [2.05, 4.69) is 20.3 Å². The van der Waals surface area contributed by atoms with Crippen LogP contribution < -0.4 is 16.6 Å². The summed E-state index contributed by atoms with van der Waals surface area (Å²) >= 11 is 0. The maximum absolute atomic E-state index is 13.0. The van der Waals surface area contributed by atoms with Crippen molar-refractivity contribution in [2.45, 2.75) is 83.1 Å². The molecular weight excluding hydrogens is 480 g/mol. The molecule has 3 atom stereocenters. The van der Waals surface area contributed by atoms with Gasteiger partial charge in [-0.3, -0.25) is 23.9 Å². The number of amides is 1. The van der Waals surface area contributed by atoms with E-state index in [1.807, 2.05) is 0 Å². The van der Waals surface area contributed by atoms with E-state index in [1.165, 1.54) is 30.0 Å². The Morgan fingerprint density at radius 2 is 1.89 bits per heavy atom. The first-order valence-electron chi connectivity index (χ1n) is 13.2. The topological polar surface area (TPSA) is 168 Å². The van der Waals surface area contributed by atoms with E-state index in [-0.39, 0.29) is 30.8 Å². The third kappa shape index (κ3) is 5.31. The predicted octanol–water partition coefficient (Wildman–Crippen LogP) is 2.47. The molecule has 4 aliphatic carbocycles. The first-order chi connectivity index (χ1) is 17.8. The second kappa shape index (κ2) is 10.3. The highest BCUT2D eigenvalue weighted by Crippen LogP contribution is 2.60. The number of aromatic nitrogens is 2. The van der Waals surface area contributed by atoms with Crippen molar-refractivity contribution >= 4 is 11.9 Å². The van der Waals surface area contributed by atoms with Gasteiger partial charge < -0.3 is 14.8 Å². The molecule has 2 heterocycles. The average molecular weight is 515 g/mol. The Morgan fingerprint density at radius 3 is 2.54 bits per heavy atom.